The van der Waals surface area contributed by atoms with Gasteiger partial charge in [-0.05, 0) is 81.0 Å². The van der Waals surface area contributed by atoms with Gasteiger partial charge in [0, 0.05) is 35.9 Å². The fourth-order valence-corrected chi connectivity index (χ4v) is 4.58. The third-order valence-electron chi connectivity index (χ3n) is 6.02. The van der Waals surface area contributed by atoms with Crippen LogP contribution in [0.25, 0.3) is 6.08 Å². The van der Waals surface area contributed by atoms with Crippen LogP contribution in [0.15, 0.2) is 35.2 Å². The van der Waals surface area contributed by atoms with E-state index < -0.39 is 0 Å². The summed E-state index contributed by atoms with van der Waals surface area (Å²) in [5.41, 5.74) is 10.0. The molecule has 28 heavy (non-hydrogen) atoms. The van der Waals surface area contributed by atoms with Gasteiger partial charge >= 0.3 is 0 Å². The molecule has 2 aromatic rings. The Morgan fingerprint density at radius 2 is 2.00 bits per heavy atom. The normalized spacial score (nSPS) is 21.1. The molecule has 0 unspecified atom stereocenters. The molecule has 0 spiro atoms. The number of hydrogen-bond acceptors (Lipinski definition) is 4. The van der Waals surface area contributed by atoms with Gasteiger partial charge in [-0.3, -0.25) is 14.7 Å². The minimum Gasteiger partial charge on any atom is -0.358 e. The van der Waals surface area contributed by atoms with Crippen LogP contribution < -0.4 is 5.43 Å². The largest absolute Gasteiger partial charge is 0.358 e. The first-order valence-electron chi connectivity index (χ1n) is 10.2. The van der Waals surface area contributed by atoms with Crippen molar-refractivity contribution in [3.8, 4) is 0 Å². The van der Waals surface area contributed by atoms with Crippen molar-refractivity contribution in [2.24, 2.45) is 5.10 Å². The predicted molar refractivity (Wildman–Crippen MR) is 109 cm³/mol. The summed E-state index contributed by atoms with van der Waals surface area (Å²) in [5, 5.41) is 4.26. The molecule has 1 fully saturated rings. The Morgan fingerprint density at radius 3 is 2.82 bits per heavy atom. The van der Waals surface area contributed by atoms with E-state index in [1.165, 1.54) is 55.6 Å². The van der Waals surface area contributed by atoms with Gasteiger partial charge in [0.25, 0.3) is 5.91 Å². The summed E-state index contributed by atoms with van der Waals surface area (Å²) in [7, 11) is 0. The number of aryl methyl sites for hydroxylation is 1. The molecule has 0 atom stereocenters. The molecule has 0 radical (unpaired) electrons. The molecule has 2 aromatic heterocycles. The third kappa shape index (κ3) is 3.18. The van der Waals surface area contributed by atoms with E-state index in [2.05, 4.69) is 25.4 Å². The lowest BCUT2D eigenvalue weighted by atomic mass is 9.93. The lowest BCUT2D eigenvalue weighted by molar-refractivity contribution is -0.116. The zero-order valence-electron chi connectivity index (χ0n) is 16.0. The van der Waals surface area contributed by atoms with Crippen molar-refractivity contribution >= 4 is 17.7 Å². The topological polar surface area (TPSA) is 73.4 Å². The Labute approximate surface area is 164 Å². The van der Waals surface area contributed by atoms with E-state index in [9.17, 15) is 4.79 Å². The predicted octanol–water partition coefficient (Wildman–Crippen LogP) is 2.80. The third-order valence-corrected chi connectivity index (χ3v) is 6.02. The van der Waals surface area contributed by atoms with Crippen LogP contribution in [-0.4, -0.2) is 39.6 Å². The van der Waals surface area contributed by atoms with E-state index in [0.29, 0.717) is 11.3 Å². The molecule has 5 rings (SSSR count). The van der Waals surface area contributed by atoms with Gasteiger partial charge in [0.1, 0.15) is 5.71 Å². The van der Waals surface area contributed by atoms with Gasteiger partial charge in [0.2, 0.25) is 0 Å². The van der Waals surface area contributed by atoms with Crippen molar-refractivity contribution < 1.29 is 4.79 Å². The number of fused-ring (bicyclic) bond motifs is 1. The summed E-state index contributed by atoms with van der Waals surface area (Å²) in [6.07, 6.45) is 12.7. The Kier molecular flexibility index (Phi) is 4.56. The maximum Gasteiger partial charge on any atom is 0.273 e. The summed E-state index contributed by atoms with van der Waals surface area (Å²) in [5.74, 6) is -0.154. The van der Waals surface area contributed by atoms with Gasteiger partial charge in [0.05, 0.1) is 5.57 Å². The number of hydrazone groups is 1. The molecule has 1 saturated heterocycles. The van der Waals surface area contributed by atoms with Crippen LogP contribution in [0.4, 0.5) is 0 Å². The van der Waals surface area contributed by atoms with Crippen LogP contribution in [0.2, 0.25) is 0 Å². The van der Waals surface area contributed by atoms with Crippen LogP contribution in [0.5, 0.6) is 0 Å². The quantitative estimate of drug-likeness (QED) is 0.807. The fraction of sp³-hybridized carbons (Fsp3) is 0.409. The van der Waals surface area contributed by atoms with Crippen molar-refractivity contribution in [3.63, 3.8) is 0 Å². The number of amides is 1. The molecule has 3 aliphatic rings. The molecule has 1 aliphatic carbocycles. The molecule has 144 valence electrons. The van der Waals surface area contributed by atoms with Gasteiger partial charge in [0.15, 0.2) is 0 Å². The molecule has 0 aromatic carbocycles. The maximum atomic E-state index is 12.5. The second-order valence-electron chi connectivity index (χ2n) is 7.87. The molecule has 4 heterocycles. The number of carbonyl (C=O) groups is 1. The van der Waals surface area contributed by atoms with E-state index in [-0.39, 0.29) is 5.91 Å². The number of nitrogens with zero attached hydrogens (tertiary/aromatic N) is 3. The average Bonchev–Trinajstić information content (AvgIpc) is 3.45. The van der Waals surface area contributed by atoms with Crippen molar-refractivity contribution in [2.75, 3.05) is 13.1 Å². The molecule has 1 amide bonds. The van der Waals surface area contributed by atoms with Crippen molar-refractivity contribution in [1.29, 1.82) is 0 Å². The summed E-state index contributed by atoms with van der Waals surface area (Å²) in [4.78, 5) is 22.9. The SMILES string of the molecule is O=C1NN=C(c2cccnc2)/C1=C\c1[nH]c2c(c1CN1CCCC1)CCCC2. The van der Waals surface area contributed by atoms with E-state index >= 15 is 0 Å². The van der Waals surface area contributed by atoms with Gasteiger partial charge in [-0.2, -0.15) is 5.10 Å². The second-order valence-corrected chi connectivity index (χ2v) is 7.87. The van der Waals surface area contributed by atoms with Crippen LogP contribution in [-0.2, 0) is 24.2 Å². The second kappa shape index (κ2) is 7.36. The zero-order valence-corrected chi connectivity index (χ0v) is 16.0. The molecule has 6 nitrogen and oxygen atoms in total. The number of aromatic amines is 1. The molecule has 0 saturated carbocycles. The first kappa shape index (κ1) is 17.4. The van der Waals surface area contributed by atoms with Crippen LogP contribution >= 0.6 is 0 Å². The molecule has 6 heteroatoms. The zero-order chi connectivity index (χ0) is 18.9. The minimum absolute atomic E-state index is 0.154. The number of aromatic nitrogens is 2. The van der Waals surface area contributed by atoms with Crippen molar-refractivity contribution in [3.05, 3.63) is 58.2 Å². The first-order chi connectivity index (χ1) is 13.8. The maximum absolute atomic E-state index is 12.5. The van der Waals surface area contributed by atoms with Crippen LogP contribution in [0, 0.1) is 0 Å². The number of rotatable bonds is 4. The molecule has 2 aliphatic heterocycles. The monoisotopic (exact) mass is 375 g/mol. The Hall–Kier alpha value is -2.73. The number of H-pyrrole nitrogens is 1. The van der Waals surface area contributed by atoms with E-state index in [0.717, 1.165) is 30.6 Å². The molecular formula is C22H25N5O. The standard InChI is InChI=1S/C22H25N5O/c28-22-17(21(25-26-22)15-6-5-9-23-13-15)12-20-18(14-27-10-3-4-11-27)16-7-1-2-8-19(16)24-20/h5-6,9,12-13,24H,1-4,7-8,10-11,14H2,(H,26,28)/b17-12+. The highest BCUT2D eigenvalue weighted by molar-refractivity contribution is 6.33. The van der Waals surface area contributed by atoms with Crippen molar-refractivity contribution in [2.45, 2.75) is 45.1 Å². The lowest BCUT2D eigenvalue weighted by Crippen LogP contribution is -2.20. The van der Waals surface area contributed by atoms with Gasteiger partial charge in [-0.1, -0.05) is 0 Å². The van der Waals surface area contributed by atoms with Crippen LogP contribution in [0.1, 0.15) is 53.8 Å². The number of nitrogens with one attached hydrogen (secondary N) is 2. The molecular weight excluding hydrogens is 350 g/mol. The summed E-state index contributed by atoms with van der Waals surface area (Å²) >= 11 is 0. The van der Waals surface area contributed by atoms with Crippen molar-refractivity contribution in [1.82, 2.24) is 20.3 Å². The lowest BCUT2D eigenvalue weighted by Gasteiger charge is -2.18. The highest BCUT2D eigenvalue weighted by Crippen LogP contribution is 2.31. The summed E-state index contributed by atoms with van der Waals surface area (Å²) in [6, 6.07) is 3.80. The number of pyridine rings is 1. The first-order valence-corrected chi connectivity index (χ1v) is 10.2. The van der Waals surface area contributed by atoms with Gasteiger partial charge in [-0.15, -0.1) is 0 Å². The smallest absolute Gasteiger partial charge is 0.273 e. The van der Waals surface area contributed by atoms with Gasteiger partial charge < -0.3 is 4.98 Å². The van der Waals surface area contributed by atoms with E-state index in [4.69, 9.17) is 0 Å². The Balaban J connectivity index is 1.55. The number of carbonyl (C=O) groups excluding carboxylic acids is 1. The summed E-state index contributed by atoms with van der Waals surface area (Å²) in [6.45, 7) is 3.30. The average molecular weight is 375 g/mol. The summed E-state index contributed by atoms with van der Waals surface area (Å²) < 4.78 is 0. The number of hydrogen-bond donors (Lipinski definition) is 2. The molecule has 0 bridgehead atoms. The van der Waals surface area contributed by atoms with Crippen LogP contribution in [0.3, 0.4) is 0 Å². The number of likely N-dealkylation sites (tertiary alicyclic amines) is 1. The fourth-order valence-electron chi connectivity index (χ4n) is 4.58. The minimum atomic E-state index is -0.154. The van der Waals surface area contributed by atoms with E-state index in [1.54, 1.807) is 12.4 Å². The highest BCUT2D eigenvalue weighted by Gasteiger charge is 2.27. The highest BCUT2D eigenvalue weighted by atomic mass is 16.2. The Morgan fingerprint density at radius 1 is 1.14 bits per heavy atom. The Bertz CT molecular complexity index is 951. The molecule has 2 N–H and O–H groups in total. The van der Waals surface area contributed by atoms with Gasteiger partial charge in [-0.25, -0.2) is 5.43 Å². The van der Waals surface area contributed by atoms with E-state index in [1.807, 2.05) is 18.2 Å².